The smallest absolute Gasteiger partial charge is 0.258 e. The molecule has 0 saturated carbocycles. The molecule has 1 amide bonds. The van der Waals surface area contributed by atoms with Crippen molar-refractivity contribution in [3.8, 4) is 5.95 Å². The maximum absolute atomic E-state index is 12.6. The molecule has 0 aromatic carbocycles. The average molecular weight is 317 g/mol. The average Bonchev–Trinajstić information content (AvgIpc) is 2.84. The first-order valence-electron chi connectivity index (χ1n) is 7.73. The largest absolute Gasteiger partial charge is 0.355 e. The molecule has 2 aromatic heterocycles. The molecule has 1 N–H and O–H groups in total. The third-order valence-corrected chi connectivity index (χ3v) is 3.69. The molecule has 0 unspecified atom stereocenters. The Labute approximate surface area is 135 Å². The second kappa shape index (κ2) is 6.76. The molecule has 124 valence electrons. The number of rotatable bonds is 5. The van der Waals surface area contributed by atoms with Crippen molar-refractivity contribution in [3.63, 3.8) is 0 Å². The zero-order chi connectivity index (χ0) is 17.1. The van der Waals surface area contributed by atoms with E-state index in [1.54, 1.807) is 18.5 Å². The zero-order valence-corrected chi connectivity index (χ0v) is 14.3. The van der Waals surface area contributed by atoms with Crippen LogP contribution in [-0.2, 0) is 11.3 Å². The highest BCUT2D eigenvalue weighted by Crippen LogP contribution is 2.10. The summed E-state index contributed by atoms with van der Waals surface area (Å²) in [4.78, 5) is 29.2. The molecule has 0 fully saturated rings. The third kappa shape index (κ3) is 3.49. The van der Waals surface area contributed by atoms with Crippen LogP contribution in [0.5, 0.6) is 0 Å². The van der Waals surface area contributed by atoms with E-state index in [2.05, 4.69) is 15.4 Å². The van der Waals surface area contributed by atoms with Gasteiger partial charge < -0.3 is 5.32 Å². The van der Waals surface area contributed by atoms with E-state index < -0.39 is 0 Å². The highest BCUT2D eigenvalue weighted by Gasteiger charge is 2.17. The minimum absolute atomic E-state index is 0.0688. The maximum atomic E-state index is 12.6. The van der Waals surface area contributed by atoms with Crippen LogP contribution in [0.25, 0.3) is 5.95 Å². The van der Waals surface area contributed by atoms with Gasteiger partial charge in [-0.2, -0.15) is 5.10 Å². The summed E-state index contributed by atoms with van der Waals surface area (Å²) >= 11 is 0. The first-order chi connectivity index (χ1) is 10.8. The van der Waals surface area contributed by atoms with E-state index in [0.29, 0.717) is 23.8 Å². The summed E-state index contributed by atoms with van der Waals surface area (Å²) in [6, 6.07) is 1.91. The van der Waals surface area contributed by atoms with Crippen molar-refractivity contribution in [1.82, 2.24) is 24.6 Å². The Balaban J connectivity index is 2.55. The van der Waals surface area contributed by atoms with Crippen LogP contribution in [-0.4, -0.2) is 31.8 Å². The van der Waals surface area contributed by atoms with E-state index in [1.165, 1.54) is 4.57 Å². The number of carbonyl (C=O) groups excluding carboxylic acids is 1. The van der Waals surface area contributed by atoms with E-state index in [4.69, 9.17) is 0 Å². The first-order valence-corrected chi connectivity index (χ1v) is 7.73. The SMILES string of the molecule is CCCNC(=O)Cn1c(-n2nc(C)cc2C)nc(C)c(C)c1=O. The van der Waals surface area contributed by atoms with E-state index >= 15 is 0 Å². The Morgan fingerprint density at radius 2 is 1.96 bits per heavy atom. The minimum Gasteiger partial charge on any atom is -0.355 e. The van der Waals surface area contributed by atoms with Crippen molar-refractivity contribution in [1.29, 1.82) is 0 Å². The van der Waals surface area contributed by atoms with Gasteiger partial charge >= 0.3 is 0 Å². The third-order valence-electron chi connectivity index (χ3n) is 3.69. The van der Waals surface area contributed by atoms with Crippen LogP contribution in [0.15, 0.2) is 10.9 Å². The number of hydrogen-bond donors (Lipinski definition) is 1. The summed E-state index contributed by atoms with van der Waals surface area (Å²) < 4.78 is 2.99. The fourth-order valence-corrected chi connectivity index (χ4v) is 2.34. The normalized spacial score (nSPS) is 10.8. The number of aromatic nitrogens is 4. The van der Waals surface area contributed by atoms with Gasteiger partial charge in [-0.1, -0.05) is 6.92 Å². The van der Waals surface area contributed by atoms with Crippen molar-refractivity contribution >= 4 is 5.91 Å². The van der Waals surface area contributed by atoms with Crippen LogP contribution in [0.4, 0.5) is 0 Å². The summed E-state index contributed by atoms with van der Waals surface area (Å²) in [6.45, 7) is 9.76. The molecule has 0 aliphatic heterocycles. The topological polar surface area (TPSA) is 81.8 Å². The van der Waals surface area contributed by atoms with Crippen LogP contribution < -0.4 is 10.9 Å². The van der Waals surface area contributed by atoms with Crippen molar-refractivity contribution < 1.29 is 4.79 Å². The molecule has 23 heavy (non-hydrogen) atoms. The number of amides is 1. The first kappa shape index (κ1) is 16.9. The Kier molecular flexibility index (Phi) is 4.98. The molecule has 2 heterocycles. The summed E-state index contributed by atoms with van der Waals surface area (Å²) in [5.74, 6) is 0.164. The number of nitrogens with one attached hydrogen (secondary N) is 1. The lowest BCUT2D eigenvalue weighted by Crippen LogP contribution is -2.36. The molecule has 0 spiro atoms. The van der Waals surface area contributed by atoms with Crippen molar-refractivity contribution in [2.75, 3.05) is 6.54 Å². The van der Waals surface area contributed by atoms with Crippen molar-refractivity contribution in [2.24, 2.45) is 0 Å². The second-order valence-corrected chi connectivity index (χ2v) is 5.70. The Morgan fingerprint density at radius 3 is 2.52 bits per heavy atom. The molecule has 0 radical (unpaired) electrons. The summed E-state index contributed by atoms with van der Waals surface area (Å²) in [5.41, 5.74) is 2.66. The van der Waals surface area contributed by atoms with Crippen LogP contribution in [0.1, 0.15) is 36.0 Å². The molecular weight excluding hydrogens is 294 g/mol. The molecule has 0 saturated heterocycles. The number of hydrogen-bond acceptors (Lipinski definition) is 4. The van der Waals surface area contributed by atoms with Crippen molar-refractivity contribution in [2.45, 2.75) is 47.6 Å². The van der Waals surface area contributed by atoms with E-state index in [9.17, 15) is 9.59 Å². The van der Waals surface area contributed by atoms with Gasteiger partial charge in [0.25, 0.3) is 5.56 Å². The van der Waals surface area contributed by atoms with Gasteiger partial charge in [0.05, 0.1) is 5.69 Å². The van der Waals surface area contributed by atoms with Crippen LogP contribution >= 0.6 is 0 Å². The fourth-order valence-electron chi connectivity index (χ4n) is 2.34. The minimum atomic E-state index is -0.216. The lowest BCUT2D eigenvalue weighted by atomic mass is 10.2. The van der Waals surface area contributed by atoms with Crippen molar-refractivity contribution in [3.05, 3.63) is 39.1 Å². The summed E-state index contributed by atoms with van der Waals surface area (Å²) in [5, 5.41) is 7.17. The van der Waals surface area contributed by atoms with Gasteiger partial charge in [-0.15, -0.1) is 0 Å². The standard InChI is InChI=1S/C16H23N5O2/c1-6-7-17-14(22)9-20-15(23)12(4)13(5)18-16(20)21-11(3)8-10(2)19-21/h8H,6-7,9H2,1-5H3,(H,17,22). The Morgan fingerprint density at radius 1 is 1.26 bits per heavy atom. The molecule has 0 aliphatic rings. The fraction of sp³-hybridized carbons (Fsp3) is 0.500. The monoisotopic (exact) mass is 317 g/mol. The van der Waals surface area contributed by atoms with Gasteiger partial charge in [-0.3, -0.25) is 14.2 Å². The Bertz CT molecular complexity index is 788. The molecule has 0 bridgehead atoms. The second-order valence-electron chi connectivity index (χ2n) is 5.70. The Hall–Kier alpha value is -2.44. The highest BCUT2D eigenvalue weighted by atomic mass is 16.2. The number of aryl methyl sites for hydroxylation is 3. The molecule has 7 heteroatoms. The lowest BCUT2D eigenvalue weighted by Gasteiger charge is -2.15. The van der Waals surface area contributed by atoms with Gasteiger partial charge in [-0.25, -0.2) is 9.67 Å². The van der Waals surface area contributed by atoms with Crippen LogP contribution in [0.2, 0.25) is 0 Å². The molecule has 0 aliphatic carbocycles. The number of nitrogens with zero attached hydrogens (tertiary/aromatic N) is 4. The van der Waals surface area contributed by atoms with Gasteiger partial charge in [0.2, 0.25) is 11.9 Å². The molecular formula is C16H23N5O2. The van der Waals surface area contributed by atoms with E-state index in [0.717, 1.165) is 17.8 Å². The van der Waals surface area contributed by atoms with Crippen LogP contribution in [0.3, 0.4) is 0 Å². The predicted molar refractivity (Wildman–Crippen MR) is 87.9 cm³/mol. The van der Waals surface area contributed by atoms with E-state index in [1.807, 2.05) is 26.8 Å². The highest BCUT2D eigenvalue weighted by molar-refractivity contribution is 5.75. The predicted octanol–water partition coefficient (Wildman–Crippen LogP) is 1.19. The van der Waals surface area contributed by atoms with Crippen LogP contribution in [0, 0.1) is 27.7 Å². The van der Waals surface area contributed by atoms with Gasteiger partial charge in [-0.05, 0) is 40.2 Å². The quantitative estimate of drug-likeness (QED) is 0.898. The van der Waals surface area contributed by atoms with Gasteiger partial charge in [0.15, 0.2) is 0 Å². The lowest BCUT2D eigenvalue weighted by molar-refractivity contribution is -0.121. The van der Waals surface area contributed by atoms with Gasteiger partial charge in [0, 0.05) is 23.5 Å². The molecule has 2 aromatic rings. The molecule has 2 rings (SSSR count). The van der Waals surface area contributed by atoms with Gasteiger partial charge in [0.1, 0.15) is 6.54 Å². The zero-order valence-electron chi connectivity index (χ0n) is 14.3. The summed E-state index contributed by atoms with van der Waals surface area (Å²) in [6.07, 6.45) is 0.843. The molecule has 7 nitrogen and oxygen atoms in total. The molecule has 0 atom stereocenters. The van der Waals surface area contributed by atoms with E-state index in [-0.39, 0.29) is 18.0 Å². The summed E-state index contributed by atoms with van der Waals surface area (Å²) in [7, 11) is 0. The maximum Gasteiger partial charge on any atom is 0.258 e. The number of carbonyl (C=O) groups is 1.